The van der Waals surface area contributed by atoms with E-state index in [0.717, 1.165) is 17.5 Å². The lowest BCUT2D eigenvalue weighted by molar-refractivity contribution is 0.621. The molecule has 0 saturated heterocycles. The zero-order chi connectivity index (χ0) is 13.1. The highest BCUT2D eigenvalue weighted by Crippen LogP contribution is 2.30. The fourth-order valence-electron chi connectivity index (χ4n) is 2.18. The van der Waals surface area contributed by atoms with E-state index in [4.69, 9.17) is 5.26 Å². The molecule has 1 atom stereocenters. The minimum absolute atomic E-state index is 0.00375. The summed E-state index contributed by atoms with van der Waals surface area (Å²) in [4.78, 5) is 0. The van der Waals surface area contributed by atoms with Crippen LogP contribution in [0.2, 0.25) is 0 Å². The Morgan fingerprint density at radius 2 is 2.28 bits per heavy atom. The Balaban J connectivity index is 2.51. The first kappa shape index (κ1) is 12.3. The molecule has 0 aliphatic carbocycles. The molecule has 0 spiro atoms. The van der Waals surface area contributed by atoms with Gasteiger partial charge in [-0.1, -0.05) is 6.92 Å². The molecule has 0 aliphatic rings. The number of nitrogens with zero attached hydrogens (tertiary/aromatic N) is 3. The van der Waals surface area contributed by atoms with Gasteiger partial charge in [-0.3, -0.25) is 4.68 Å². The van der Waals surface area contributed by atoms with Crippen LogP contribution in [0.1, 0.15) is 36.0 Å². The van der Waals surface area contributed by atoms with Crippen LogP contribution >= 0.6 is 0 Å². The van der Waals surface area contributed by atoms with Crippen molar-refractivity contribution in [1.82, 2.24) is 9.78 Å². The van der Waals surface area contributed by atoms with Crippen molar-refractivity contribution in [2.45, 2.75) is 19.3 Å². The van der Waals surface area contributed by atoms with Gasteiger partial charge in [-0.15, -0.1) is 0 Å². The number of nitriles is 1. The summed E-state index contributed by atoms with van der Waals surface area (Å²) in [5, 5.41) is 13.2. The second-order valence-corrected chi connectivity index (χ2v) is 4.25. The molecule has 0 fully saturated rings. The quantitative estimate of drug-likeness (QED) is 0.831. The standard InChI is InChI=1S/C14H14FN3/c1-3-13(11-8-17-18(2)9-11)14-6-12(15)5-4-10(14)7-16/h4-6,8-9,13H,3H2,1-2H3/t13-/m0/s1. The van der Waals surface area contributed by atoms with Crippen LogP contribution in [0.25, 0.3) is 0 Å². The van der Waals surface area contributed by atoms with Crippen LogP contribution in [0.15, 0.2) is 30.6 Å². The molecule has 4 heteroatoms. The van der Waals surface area contributed by atoms with Crippen LogP contribution in [-0.4, -0.2) is 9.78 Å². The SMILES string of the molecule is CC[C@@H](c1cnn(C)c1)c1cc(F)ccc1C#N. The van der Waals surface area contributed by atoms with Crippen molar-refractivity contribution in [3.05, 3.63) is 53.1 Å². The Morgan fingerprint density at radius 1 is 1.50 bits per heavy atom. The van der Waals surface area contributed by atoms with E-state index in [2.05, 4.69) is 11.2 Å². The van der Waals surface area contributed by atoms with Crippen molar-refractivity contribution in [3.63, 3.8) is 0 Å². The number of rotatable bonds is 3. The summed E-state index contributed by atoms with van der Waals surface area (Å²) in [6, 6.07) is 6.41. The first-order valence-corrected chi connectivity index (χ1v) is 5.83. The van der Waals surface area contributed by atoms with E-state index in [-0.39, 0.29) is 11.7 Å². The van der Waals surface area contributed by atoms with Crippen molar-refractivity contribution >= 4 is 0 Å². The van der Waals surface area contributed by atoms with Gasteiger partial charge < -0.3 is 0 Å². The van der Waals surface area contributed by atoms with E-state index in [0.29, 0.717) is 5.56 Å². The third kappa shape index (κ3) is 2.25. The van der Waals surface area contributed by atoms with Crippen molar-refractivity contribution in [1.29, 1.82) is 5.26 Å². The van der Waals surface area contributed by atoms with E-state index in [1.165, 1.54) is 18.2 Å². The summed E-state index contributed by atoms with van der Waals surface area (Å²) in [6.45, 7) is 2.02. The largest absolute Gasteiger partial charge is 0.276 e. The number of halogens is 1. The Kier molecular flexibility index (Phi) is 3.42. The van der Waals surface area contributed by atoms with Gasteiger partial charge in [0.25, 0.3) is 0 Å². The summed E-state index contributed by atoms with van der Waals surface area (Å²) < 4.78 is 15.1. The van der Waals surface area contributed by atoms with Crippen LogP contribution in [-0.2, 0) is 7.05 Å². The molecule has 1 aromatic heterocycles. The van der Waals surface area contributed by atoms with Crippen LogP contribution < -0.4 is 0 Å². The molecular formula is C14H14FN3. The topological polar surface area (TPSA) is 41.6 Å². The molecule has 18 heavy (non-hydrogen) atoms. The predicted molar refractivity (Wildman–Crippen MR) is 66.5 cm³/mol. The highest BCUT2D eigenvalue weighted by atomic mass is 19.1. The number of aromatic nitrogens is 2. The van der Waals surface area contributed by atoms with Crippen LogP contribution in [0.4, 0.5) is 4.39 Å². The van der Waals surface area contributed by atoms with Gasteiger partial charge in [0.1, 0.15) is 5.82 Å². The van der Waals surface area contributed by atoms with E-state index >= 15 is 0 Å². The molecule has 2 aromatic rings. The minimum atomic E-state index is -0.314. The molecule has 0 radical (unpaired) electrons. The normalized spacial score (nSPS) is 12.1. The third-order valence-electron chi connectivity index (χ3n) is 3.04. The Morgan fingerprint density at radius 3 is 2.83 bits per heavy atom. The second-order valence-electron chi connectivity index (χ2n) is 4.25. The smallest absolute Gasteiger partial charge is 0.123 e. The summed E-state index contributed by atoms with van der Waals surface area (Å²) in [5.41, 5.74) is 2.25. The summed E-state index contributed by atoms with van der Waals surface area (Å²) in [7, 11) is 1.84. The molecule has 0 amide bonds. The van der Waals surface area contributed by atoms with Gasteiger partial charge in [-0.2, -0.15) is 10.4 Å². The van der Waals surface area contributed by atoms with Crippen molar-refractivity contribution in [2.24, 2.45) is 7.05 Å². The second kappa shape index (κ2) is 5.01. The molecule has 1 aromatic carbocycles. The van der Waals surface area contributed by atoms with Crippen LogP contribution in [0.3, 0.4) is 0 Å². The highest BCUT2D eigenvalue weighted by Gasteiger charge is 2.18. The number of hydrogen-bond acceptors (Lipinski definition) is 2. The lowest BCUT2D eigenvalue weighted by Crippen LogP contribution is -2.02. The molecular weight excluding hydrogens is 229 g/mol. The number of hydrogen-bond donors (Lipinski definition) is 0. The molecule has 0 N–H and O–H groups in total. The molecule has 92 valence electrons. The van der Waals surface area contributed by atoms with E-state index in [1.54, 1.807) is 10.9 Å². The third-order valence-corrected chi connectivity index (χ3v) is 3.04. The van der Waals surface area contributed by atoms with Gasteiger partial charge in [-0.25, -0.2) is 4.39 Å². The van der Waals surface area contributed by atoms with Gasteiger partial charge >= 0.3 is 0 Å². The van der Waals surface area contributed by atoms with E-state index in [1.807, 2.05) is 20.2 Å². The first-order valence-electron chi connectivity index (χ1n) is 5.83. The first-order chi connectivity index (χ1) is 8.65. The van der Waals surface area contributed by atoms with Gasteiger partial charge in [0.2, 0.25) is 0 Å². The summed E-state index contributed by atoms with van der Waals surface area (Å²) >= 11 is 0. The zero-order valence-corrected chi connectivity index (χ0v) is 10.4. The highest BCUT2D eigenvalue weighted by molar-refractivity contribution is 5.43. The van der Waals surface area contributed by atoms with Crippen molar-refractivity contribution in [2.75, 3.05) is 0 Å². The maximum atomic E-state index is 13.4. The van der Waals surface area contributed by atoms with Gasteiger partial charge in [-0.05, 0) is 35.7 Å². The maximum Gasteiger partial charge on any atom is 0.123 e. The molecule has 0 bridgehead atoms. The molecule has 0 saturated carbocycles. The minimum Gasteiger partial charge on any atom is -0.276 e. The lowest BCUT2D eigenvalue weighted by Gasteiger charge is -2.15. The molecule has 1 heterocycles. The van der Waals surface area contributed by atoms with E-state index < -0.39 is 0 Å². The summed E-state index contributed by atoms with van der Waals surface area (Å²) in [6.07, 6.45) is 4.46. The average molecular weight is 243 g/mol. The molecule has 2 rings (SSSR count). The Bertz CT molecular complexity index is 595. The fourth-order valence-corrected chi connectivity index (χ4v) is 2.18. The monoisotopic (exact) mass is 243 g/mol. The Hall–Kier alpha value is -2.15. The molecule has 3 nitrogen and oxygen atoms in total. The van der Waals surface area contributed by atoms with Crippen molar-refractivity contribution < 1.29 is 4.39 Å². The molecule has 0 aliphatic heterocycles. The molecule has 0 unspecified atom stereocenters. The fraction of sp³-hybridized carbons (Fsp3) is 0.286. The van der Waals surface area contributed by atoms with Gasteiger partial charge in [0.05, 0.1) is 17.8 Å². The van der Waals surface area contributed by atoms with Crippen LogP contribution in [0, 0.1) is 17.1 Å². The van der Waals surface area contributed by atoms with Crippen molar-refractivity contribution in [3.8, 4) is 6.07 Å². The van der Waals surface area contributed by atoms with Gasteiger partial charge in [0.15, 0.2) is 0 Å². The summed E-state index contributed by atoms with van der Waals surface area (Å²) in [5.74, 6) is -0.310. The van der Waals surface area contributed by atoms with Crippen LogP contribution in [0.5, 0.6) is 0 Å². The maximum absolute atomic E-state index is 13.4. The van der Waals surface area contributed by atoms with E-state index in [9.17, 15) is 4.39 Å². The number of benzene rings is 1. The Labute approximate surface area is 105 Å². The number of aryl methyl sites for hydroxylation is 1. The van der Waals surface area contributed by atoms with Gasteiger partial charge in [0, 0.05) is 19.2 Å². The average Bonchev–Trinajstić information content (AvgIpc) is 2.77. The zero-order valence-electron chi connectivity index (χ0n) is 10.4. The lowest BCUT2D eigenvalue weighted by atomic mass is 9.88. The predicted octanol–water partition coefficient (Wildman–Crippen LogP) is 2.97.